The number of thiazole rings is 1. The zero-order chi connectivity index (χ0) is 15.7. The largest absolute Gasteiger partial charge is 0.371 e. The van der Waals surface area contributed by atoms with Crippen LogP contribution in [0.3, 0.4) is 0 Å². The number of rotatable bonds is 4. The van der Waals surface area contributed by atoms with Gasteiger partial charge < -0.3 is 10.1 Å². The first-order valence-corrected chi connectivity index (χ1v) is 8.86. The molecule has 4 nitrogen and oxygen atoms in total. The van der Waals surface area contributed by atoms with E-state index in [-0.39, 0.29) is 11.4 Å². The molecule has 0 bridgehead atoms. The fourth-order valence-corrected chi connectivity index (χ4v) is 4.21. The number of ether oxygens (including phenoxy) is 1. The van der Waals surface area contributed by atoms with Gasteiger partial charge in [0, 0.05) is 37.6 Å². The van der Waals surface area contributed by atoms with Crippen LogP contribution in [0.15, 0.2) is 35.8 Å². The second kappa shape index (κ2) is 6.19. The number of halogens is 1. The Morgan fingerprint density at radius 3 is 3.04 bits per heavy atom. The third kappa shape index (κ3) is 3.39. The van der Waals surface area contributed by atoms with Gasteiger partial charge in [-0.25, -0.2) is 9.37 Å². The Morgan fingerprint density at radius 2 is 2.26 bits per heavy atom. The highest BCUT2D eigenvalue weighted by Crippen LogP contribution is 2.36. The van der Waals surface area contributed by atoms with Crippen LogP contribution in [-0.2, 0) is 11.3 Å². The third-order valence-corrected chi connectivity index (χ3v) is 5.39. The Morgan fingerprint density at radius 1 is 1.39 bits per heavy atom. The van der Waals surface area contributed by atoms with Crippen molar-refractivity contribution in [2.24, 2.45) is 0 Å². The summed E-state index contributed by atoms with van der Waals surface area (Å²) < 4.78 is 19.2. The van der Waals surface area contributed by atoms with Gasteiger partial charge in [0.25, 0.3) is 0 Å². The number of likely N-dealkylation sites (tertiary alicyclic amines) is 1. The minimum atomic E-state index is -0.179. The van der Waals surface area contributed by atoms with Crippen LogP contribution in [0.1, 0.15) is 18.4 Å². The molecular formula is C17H20FN3OS. The summed E-state index contributed by atoms with van der Waals surface area (Å²) in [6, 6.07) is 7.13. The quantitative estimate of drug-likeness (QED) is 0.933. The highest BCUT2D eigenvalue weighted by atomic mass is 32.1. The summed E-state index contributed by atoms with van der Waals surface area (Å²) in [6.07, 6.45) is 3.90. The molecule has 0 saturated carbocycles. The van der Waals surface area contributed by atoms with Gasteiger partial charge in [0.2, 0.25) is 0 Å². The van der Waals surface area contributed by atoms with E-state index in [2.05, 4.69) is 15.2 Å². The van der Waals surface area contributed by atoms with Crippen LogP contribution in [0.25, 0.3) is 0 Å². The minimum absolute atomic E-state index is 0.0328. The number of nitrogens with zero attached hydrogens (tertiary/aromatic N) is 2. The molecule has 122 valence electrons. The van der Waals surface area contributed by atoms with E-state index in [1.54, 1.807) is 11.3 Å². The first-order chi connectivity index (χ1) is 11.2. The summed E-state index contributed by atoms with van der Waals surface area (Å²) in [6.45, 7) is 3.57. The van der Waals surface area contributed by atoms with E-state index in [1.165, 1.54) is 12.1 Å². The summed E-state index contributed by atoms with van der Waals surface area (Å²) in [4.78, 5) is 6.69. The number of hydrogen-bond donors (Lipinski definition) is 1. The van der Waals surface area contributed by atoms with Crippen molar-refractivity contribution in [3.05, 3.63) is 47.2 Å². The second-order valence-corrected chi connectivity index (χ2v) is 7.36. The van der Waals surface area contributed by atoms with Crippen LogP contribution >= 0.6 is 11.3 Å². The highest BCUT2D eigenvalue weighted by molar-refractivity contribution is 7.13. The van der Waals surface area contributed by atoms with Crippen molar-refractivity contribution in [3.63, 3.8) is 0 Å². The molecule has 0 aliphatic carbocycles. The first-order valence-electron chi connectivity index (χ1n) is 7.98. The number of aromatic nitrogens is 1. The normalized spacial score (nSPS) is 27.8. The molecule has 1 N–H and O–H groups in total. The number of nitrogens with one attached hydrogen (secondary N) is 1. The summed E-state index contributed by atoms with van der Waals surface area (Å²) in [5.41, 5.74) is 1.12. The summed E-state index contributed by atoms with van der Waals surface area (Å²) >= 11 is 1.63. The lowest BCUT2D eigenvalue weighted by molar-refractivity contribution is 0.0120. The first kappa shape index (κ1) is 15.1. The van der Waals surface area contributed by atoms with Crippen LogP contribution in [0.5, 0.6) is 0 Å². The van der Waals surface area contributed by atoms with Crippen molar-refractivity contribution < 1.29 is 9.13 Å². The zero-order valence-corrected chi connectivity index (χ0v) is 13.7. The van der Waals surface area contributed by atoms with Gasteiger partial charge in [-0.15, -0.1) is 11.3 Å². The second-order valence-electron chi connectivity index (χ2n) is 6.46. The van der Waals surface area contributed by atoms with Crippen molar-refractivity contribution in [2.75, 3.05) is 25.0 Å². The third-order valence-electron chi connectivity index (χ3n) is 4.68. The monoisotopic (exact) mass is 333 g/mol. The maximum absolute atomic E-state index is 13.0. The number of benzene rings is 1. The maximum atomic E-state index is 13.0. The molecule has 2 aliphatic heterocycles. The van der Waals surface area contributed by atoms with E-state index >= 15 is 0 Å². The molecule has 1 aromatic heterocycles. The Bertz CT molecular complexity index is 648. The molecule has 0 amide bonds. The topological polar surface area (TPSA) is 37.4 Å². The fraction of sp³-hybridized carbons (Fsp3) is 0.471. The molecule has 2 fully saturated rings. The Labute approximate surface area is 139 Å². The SMILES string of the molecule is Fc1ccc(CN2CCC3(CC(Nc4nccs4)CO3)C2)cc1. The summed E-state index contributed by atoms with van der Waals surface area (Å²) in [5, 5.41) is 6.41. The minimum Gasteiger partial charge on any atom is -0.371 e. The van der Waals surface area contributed by atoms with E-state index in [4.69, 9.17) is 4.74 Å². The van der Waals surface area contributed by atoms with Crippen LogP contribution < -0.4 is 5.32 Å². The van der Waals surface area contributed by atoms with Gasteiger partial charge in [-0.2, -0.15) is 0 Å². The zero-order valence-electron chi connectivity index (χ0n) is 12.9. The highest BCUT2D eigenvalue weighted by Gasteiger charge is 2.45. The van der Waals surface area contributed by atoms with Gasteiger partial charge in [-0.3, -0.25) is 4.90 Å². The van der Waals surface area contributed by atoms with E-state index in [9.17, 15) is 4.39 Å². The Kier molecular flexibility index (Phi) is 4.05. The number of anilines is 1. The van der Waals surface area contributed by atoms with Crippen molar-refractivity contribution in [1.82, 2.24) is 9.88 Å². The van der Waals surface area contributed by atoms with Crippen molar-refractivity contribution in [3.8, 4) is 0 Å². The molecule has 2 unspecified atom stereocenters. The molecule has 2 aliphatic rings. The van der Waals surface area contributed by atoms with E-state index in [0.717, 1.165) is 49.8 Å². The van der Waals surface area contributed by atoms with Crippen molar-refractivity contribution in [2.45, 2.75) is 31.0 Å². The Hall–Kier alpha value is -1.50. The average molecular weight is 333 g/mol. The molecule has 2 saturated heterocycles. The fourth-order valence-electron chi connectivity index (χ4n) is 3.60. The molecule has 2 atom stereocenters. The van der Waals surface area contributed by atoms with Gasteiger partial charge >= 0.3 is 0 Å². The van der Waals surface area contributed by atoms with Gasteiger partial charge in [-0.05, 0) is 24.1 Å². The number of hydrogen-bond acceptors (Lipinski definition) is 5. The molecule has 0 radical (unpaired) electrons. The molecule has 3 heterocycles. The summed E-state index contributed by atoms with van der Waals surface area (Å²) in [7, 11) is 0. The average Bonchev–Trinajstić information content (AvgIpc) is 3.26. The van der Waals surface area contributed by atoms with Gasteiger partial charge in [0.1, 0.15) is 5.82 Å². The van der Waals surface area contributed by atoms with Crippen molar-refractivity contribution >= 4 is 16.5 Å². The van der Waals surface area contributed by atoms with Crippen molar-refractivity contribution in [1.29, 1.82) is 0 Å². The van der Waals surface area contributed by atoms with Gasteiger partial charge in [0.05, 0.1) is 18.2 Å². The van der Waals surface area contributed by atoms with Crippen LogP contribution in [-0.4, -0.2) is 41.2 Å². The lowest BCUT2D eigenvalue weighted by Crippen LogP contribution is -2.33. The standard InChI is InChI=1S/C17H20FN3OS/c18-14-3-1-13(2-4-14)10-21-7-5-17(12-21)9-15(11-22-17)20-16-19-6-8-23-16/h1-4,6,8,15H,5,7,9-12H2,(H,19,20). The molecule has 1 spiro atoms. The molecule has 6 heteroatoms. The molecular weight excluding hydrogens is 313 g/mol. The van der Waals surface area contributed by atoms with E-state index in [1.807, 2.05) is 23.7 Å². The molecule has 4 rings (SSSR count). The summed E-state index contributed by atoms with van der Waals surface area (Å²) in [5.74, 6) is -0.179. The van der Waals surface area contributed by atoms with E-state index in [0.29, 0.717) is 6.04 Å². The van der Waals surface area contributed by atoms with Crippen LogP contribution in [0.2, 0.25) is 0 Å². The maximum Gasteiger partial charge on any atom is 0.182 e. The molecule has 1 aromatic carbocycles. The van der Waals surface area contributed by atoms with Gasteiger partial charge in [0.15, 0.2) is 5.13 Å². The van der Waals surface area contributed by atoms with Crippen LogP contribution in [0.4, 0.5) is 9.52 Å². The smallest absolute Gasteiger partial charge is 0.182 e. The van der Waals surface area contributed by atoms with Gasteiger partial charge in [-0.1, -0.05) is 12.1 Å². The predicted octanol–water partition coefficient (Wildman–Crippen LogP) is 3.13. The lowest BCUT2D eigenvalue weighted by Gasteiger charge is -2.23. The van der Waals surface area contributed by atoms with Crippen LogP contribution in [0, 0.1) is 5.82 Å². The predicted molar refractivity (Wildman–Crippen MR) is 89.1 cm³/mol. The molecule has 2 aromatic rings. The molecule has 23 heavy (non-hydrogen) atoms. The Balaban J connectivity index is 1.33. The lowest BCUT2D eigenvalue weighted by atomic mass is 9.97. The van der Waals surface area contributed by atoms with E-state index < -0.39 is 0 Å².